The van der Waals surface area contributed by atoms with Gasteiger partial charge in [-0.05, 0) is 18.9 Å². The Morgan fingerprint density at radius 2 is 2.18 bits per heavy atom. The van der Waals surface area contributed by atoms with Gasteiger partial charge in [0.25, 0.3) is 0 Å². The van der Waals surface area contributed by atoms with Gasteiger partial charge in [-0.3, -0.25) is 0 Å². The van der Waals surface area contributed by atoms with E-state index in [2.05, 4.69) is 0 Å². The third kappa shape index (κ3) is 1.27. The summed E-state index contributed by atoms with van der Waals surface area (Å²) in [5, 5.41) is 0. The van der Waals surface area contributed by atoms with Crippen molar-refractivity contribution in [2.24, 2.45) is 17.1 Å². The molecule has 0 amide bonds. The molecule has 0 bridgehead atoms. The first-order chi connectivity index (χ1) is 4.58. The zero-order chi connectivity index (χ0) is 7.41. The number of fused-ring (bicyclic) bond motifs is 1. The van der Waals surface area contributed by atoms with Gasteiger partial charge in [0.1, 0.15) is 0 Å². The monoisotopic (exact) mass is 197 g/mol. The Morgan fingerprint density at radius 1 is 1.55 bits per heavy atom. The second-order valence-corrected chi connectivity index (χ2v) is 5.63. The first-order valence-corrected chi connectivity index (χ1v) is 5.31. The van der Waals surface area contributed by atoms with E-state index >= 15 is 0 Å². The lowest BCUT2D eigenvalue weighted by molar-refractivity contribution is 0.553. The van der Waals surface area contributed by atoms with Gasteiger partial charge in [0, 0.05) is 5.41 Å². The van der Waals surface area contributed by atoms with E-state index in [1.165, 1.54) is 0 Å². The fourth-order valence-corrected chi connectivity index (χ4v) is 4.51. The first-order valence-electron chi connectivity index (χ1n) is 3.48. The van der Waals surface area contributed by atoms with E-state index in [-0.39, 0.29) is 17.8 Å². The molecule has 1 saturated heterocycles. The molecule has 2 atom stereocenters. The fraction of sp³-hybridized carbons (Fsp3) is 1.00. The number of hydrogen-bond donors (Lipinski definition) is 1. The topological polar surface area (TPSA) is 60.2 Å². The van der Waals surface area contributed by atoms with Gasteiger partial charge in [0.15, 0.2) is 9.84 Å². The van der Waals surface area contributed by atoms with E-state index in [1.807, 2.05) is 0 Å². The van der Waals surface area contributed by atoms with Crippen molar-refractivity contribution in [3.63, 3.8) is 0 Å². The van der Waals surface area contributed by atoms with Gasteiger partial charge in [-0.1, -0.05) is 0 Å². The van der Waals surface area contributed by atoms with Crippen molar-refractivity contribution in [3.8, 4) is 0 Å². The van der Waals surface area contributed by atoms with Crippen LogP contribution in [0.25, 0.3) is 0 Å². The van der Waals surface area contributed by atoms with Crippen LogP contribution in [-0.2, 0) is 9.84 Å². The molecule has 0 aromatic heterocycles. The lowest BCUT2D eigenvalue weighted by atomic mass is 10.1. The largest absolute Gasteiger partial charge is 0.330 e. The summed E-state index contributed by atoms with van der Waals surface area (Å²) in [5.74, 6) is 1.15. The molecule has 0 radical (unpaired) electrons. The minimum atomic E-state index is -2.70. The molecule has 2 rings (SSSR count). The van der Waals surface area contributed by atoms with Gasteiger partial charge in [-0.15, -0.1) is 12.4 Å². The van der Waals surface area contributed by atoms with Gasteiger partial charge in [-0.25, -0.2) is 8.42 Å². The summed E-state index contributed by atoms with van der Waals surface area (Å²) in [6.45, 7) is 0.552. The Hall–Kier alpha value is 0.200. The van der Waals surface area contributed by atoms with Crippen molar-refractivity contribution in [1.82, 2.24) is 0 Å². The molecule has 1 aliphatic heterocycles. The van der Waals surface area contributed by atoms with E-state index < -0.39 is 9.84 Å². The molecule has 11 heavy (non-hydrogen) atoms. The third-order valence-electron chi connectivity index (χ3n) is 2.73. The smallest absolute Gasteiger partial charge is 0.151 e. The molecule has 0 aromatic rings. The summed E-state index contributed by atoms with van der Waals surface area (Å²) in [4.78, 5) is 0. The molecule has 2 fully saturated rings. The van der Waals surface area contributed by atoms with Gasteiger partial charge in [0.2, 0.25) is 0 Å². The Kier molecular flexibility index (Phi) is 1.98. The summed E-state index contributed by atoms with van der Waals surface area (Å²) in [6.07, 6.45) is 1.04. The first kappa shape index (κ1) is 9.29. The van der Waals surface area contributed by atoms with Crippen LogP contribution >= 0.6 is 12.4 Å². The normalized spacial score (nSPS) is 44.3. The summed E-state index contributed by atoms with van der Waals surface area (Å²) in [7, 11) is -2.70. The van der Waals surface area contributed by atoms with E-state index in [0.29, 0.717) is 24.0 Å². The quantitative estimate of drug-likeness (QED) is 0.634. The average molecular weight is 198 g/mol. The maximum absolute atomic E-state index is 11.0. The minimum Gasteiger partial charge on any atom is -0.330 e. The Balaban J connectivity index is 0.000000605. The van der Waals surface area contributed by atoms with Crippen molar-refractivity contribution >= 4 is 22.2 Å². The molecule has 66 valence electrons. The van der Waals surface area contributed by atoms with Gasteiger partial charge in [0.05, 0.1) is 11.5 Å². The number of nitrogens with two attached hydrogens (primary N) is 1. The molecule has 2 aliphatic rings. The molecular weight excluding hydrogens is 186 g/mol. The highest BCUT2D eigenvalue weighted by Gasteiger charge is 2.61. The van der Waals surface area contributed by atoms with Gasteiger partial charge < -0.3 is 5.73 Å². The number of rotatable bonds is 1. The van der Waals surface area contributed by atoms with Crippen molar-refractivity contribution in [3.05, 3.63) is 0 Å². The van der Waals surface area contributed by atoms with Crippen molar-refractivity contribution in [2.45, 2.75) is 6.42 Å². The van der Waals surface area contributed by atoms with E-state index in [9.17, 15) is 8.42 Å². The number of halogens is 1. The van der Waals surface area contributed by atoms with Crippen molar-refractivity contribution in [2.75, 3.05) is 18.1 Å². The Bertz CT molecular complexity index is 260. The summed E-state index contributed by atoms with van der Waals surface area (Å²) < 4.78 is 22.0. The van der Waals surface area contributed by atoms with Crippen LogP contribution < -0.4 is 5.73 Å². The van der Waals surface area contributed by atoms with Crippen LogP contribution in [-0.4, -0.2) is 26.5 Å². The fourth-order valence-electron chi connectivity index (χ4n) is 1.96. The van der Waals surface area contributed by atoms with Gasteiger partial charge in [-0.2, -0.15) is 0 Å². The van der Waals surface area contributed by atoms with Gasteiger partial charge >= 0.3 is 0 Å². The highest BCUT2D eigenvalue weighted by atomic mass is 35.5. The van der Waals surface area contributed by atoms with Crippen LogP contribution in [0.1, 0.15) is 6.42 Å². The second-order valence-electron chi connectivity index (χ2n) is 3.52. The third-order valence-corrected chi connectivity index (χ3v) is 4.65. The standard InChI is InChI=1S/C6H11NO2S.ClH/c7-3-6-1-5(6)2-10(8,9)4-6;/h5H,1-4,7H2;1H/t5-,6-;/m0./s1. The summed E-state index contributed by atoms with van der Waals surface area (Å²) >= 11 is 0. The molecule has 2 N–H and O–H groups in total. The van der Waals surface area contributed by atoms with Crippen LogP contribution in [0.15, 0.2) is 0 Å². The maximum Gasteiger partial charge on any atom is 0.151 e. The zero-order valence-corrected chi connectivity index (χ0v) is 7.75. The zero-order valence-electron chi connectivity index (χ0n) is 6.12. The summed E-state index contributed by atoms with van der Waals surface area (Å²) in [5.41, 5.74) is 5.49. The molecule has 0 aromatic carbocycles. The maximum atomic E-state index is 11.0. The van der Waals surface area contributed by atoms with Crippen LogP contribution in [0.3, 0.4) is 0 Å². The van der Waals surface area contributed by atoms with E-state index in [4.69, 9.17) is 5.73 Å². The number of hydrogen-bond acceptors (Lipinski definition) is 3. The predicted octanol–water partition coefficient (Wildman–Crippen LogP) is -0.198. The second kappa shape index (κ2) is 2.34. The van der Waals surface area contributed by atoms with E-state index in [0.717, 1.165) is 6.42 Å². The summed E-state index contributed by atoms with van der Waals surface area (Å²) in [6, 6.07) is 0. The molecule has 3 nitrogen and oxygen atoms in total. The Labute approximate surface area is 72.7 Å². The molecule has 1 aliphatic carbocycles. The minimum absolute atomic E-state index is 0. The highest BCUT2D eigenvalue weighted by Crippen LogP contribution is 2.57. The van der Waals surface area contributed by atoms with Crippen LogP contribution in [0.4, 0.5) is 0 Å². The van der Waals surface area contributed by atoms with Crippen molar-refractivity contribution < 1.29 is 8.42 Å². The molecular formula is C6H12ClNO2S. The highest BCUT2D eigenvalue weighted by molar-refractivity contribution is 7.91. The lowest BCUT2D eigenvalue weighted by Gasteiger charge is -2.04. The van der Waals surface area contributed by atoms with Crippen molar-refractivity contribution in [1.29, 1.82) is 0 Å². The van der Waals surface area contributed by atoms with E-state index in [1.54, 1.807) is 0 Å². The molecule has 0 unspecified atom stereocenters. The number of sulfone groups is 1. The Morgan fingerprint density at radius 3 is 2.45 bits per heavy atom. The molecule has 1 heterocycles. The van der Waals surface area contributed by atoms with Crippen LogP contribution in [0.2, 0.25) is 0 Å². The molecule has 5 heteroatoms. The SMILES string of the molecule is Cl.NC[C@]12C[C@H]1CS(=O)(=O)C2. The van der Waals surface area contributed by atoms with Crippen LogP contribution in [0, 0.1) is 11.3 Å². The molecule has 0 spiro atoms. The van der Waals surface area contributed by atoms with Crippen LogP contribution in [0.5, 0.6) is 0 Å². The average Bonchev–Trinajstić information content (AvgIpc) is 2.36. The lowest BCUT2D eigenvalue weighted by Crippen LogP contribution is -2.20. The predicted molar refractivity (Wildman–Crippen MR) is 45.5 cm³/mol. The molecule has 1 saturated carbocycles.